The fourth-order valence-corrected chi connectivity index (χ4v) is 5.20. The second-order valence-electron chi connectivity index (χ2n) is 9.12. The molecule has 0 aliphatic carbocycles. The van der Waals surface area contributed by atoms with E-state index < -0.39 is 11.2 Å². The summed E-state index contributed by atoms with van der Waals surface area (Å²) in [6, 6.07) is 15.2. The summed E-state index contributed by atoms with van der Waals surface area (Å²) < 4.78 is 13.2. The average molecular weight is 500 g/mol. The Morgan fingerprint density at radius 1 is 0.861 bits per heavy atom. The van der Waals surface area contributed by atoms with Crippen molar-refractivity contribution in [2.24, 2.45) is 14.1 Å². The number of aromatic amines is 1. The molecule has 0 fully saturated rings. The van der Waals surface area contributed by atoms with Crippen molar-refractivity contribution in [2.45, 2.75) is 18.7 Å². The lowest BCUT2D eigenvalue weighted by atomic mass is 9.95. The van der Waals surface area contributed by atoms with E-state index in [0.717, 1.165) is 55.2 Å². The zero-order valence-corrected chi connectivity index (χ0v) is 21.6. The van der Waals surface area contributed by atoms with Gasteiger partial charge in [0.05, 0.1) is 0 Å². The van der Waals surface area contributed by atoms with Gasteiger partial charge in [-0.3, -0.25) is 14.6 Å². The Morgan fingerprint density at radius 2 is 1.56 bits per heavy atom. The molecule has 0 bridgehead atoms. The first kappa shape index (κ1) is 23.8. The van der Waals surface area contributed by atoms with Crippen molar-refractivity contribution in [3.05, 3.63) is 93.0 Å². The number of aromatic nitrogens is 4. The van der Waals surface area contributed by atoms with Gasteiger partial charge in [-0.05, 0) is 49.2 Å². The van der Waals surface area contributed by atoms with E-state index in [2.05, 4.69) is 9.97 Å². The highest BCUT2D eigenvalue weighted by molar-refractivity contribution is 7.90. The maximum Gasteiger partial charge on any atom is 0.274 e. The fraction of sp³-hybridized carbons (Fsp3) is 0.179. The summed E-state index contributed by atoms with van der Waals surface area (Å²) in [5, 5.41) is 0.739. The molecule has 0 radical (unpaired) electrons. The number of H-pyrrole nitrogens is 1. The van der Waals surface area contributed by atoms with Crippen molar-refractivity contribution < 1.29 is 4.55 Å². The lowest BCUT2D eigenvalue weighted by Crippen LogP contribution is -2.18. The van der Waals surface area contributed by atoms with Gasteiger partial charge in [0.25, 0.3) is 11.1 Å². The van der Waals surface area contributed by atoms with E-state index in [9.17, 15) is 14.1 Å². The Bertz CT molecular complexity index is 1740. The number of nitrogens with one attached hydrogen (secondary N) is 1. The molecule has 36 heavy (non-hydrogen) atoms. The van der Waals surface area contributed by atoms with Crippen LogP contribution >= 0.6 is 0 Å². The van der Waals surface area contributed by atoms with Crippen molar-refractivity contribution in [2.75, 3.05) is 6.26 Å². The highest BCUT2D eigenvalue weighted by Gasteiger charge is 2.20. The van der Waals surface area contributed by atoms with Crippen molar-refractivity contribution in [1.29, 1.82) is 0 Å². The molecule has 1 atom stereocenters. The van der Waals surface area contributed by atoms with E-state index in [-0.39, 0.29) is 11.1 Å². The van der Waals surface area contributed by atoms with E-state index in [1.807, 2.05) is 62.5 Å². The number of hydrogen-bond donors (Lipinski definition) is 2. The van der Waals surface area contributed by atoms with Gasteiger partial charge in [0, 0.05) is 77.8 Å². The topological polar surface area (TPSA) is 92.9 Å². The monoisotopic (exact) mass is 499 g/mol. The van der Waals surface area contributed by atoms with Gasteiger partial charge in [-0.25, -0.2) is 0 Å². The third-order valence-electron chi connectivity index (χ3n) is 6.36. The average Bonchev–Trinajstić information content (AvgIpc) is 3.28. The molecule has 1 unspecified atom stereocenters. The summed E-state index contributed by atoms with van der Waals surface area (Å²) in [4.78, 5) is 34.5. The van der Waals surface area contributed by atoms with Crippen LogP contribution in [0.1, 0.15) is 11.4 Å². The normalized spacial score (nSPS) is 12.3. The maximum atomic E-state index is 13.1. The van der Waals surface area contributed by atoms with Crippen molar-refractivity contribution in [3.63, 3.8) is 0 Å². The van der Waals surface area contributed by atoms with Crippen LogP contribution in [0.5, 0.6) is 0 Å². The van der Waals surface area contributed by atoms with Gasteiger partial charge in [0.2, 0.25) is 0 Å². The molecular formula is C28H27N4O3S+. The third-order valence-corrected chi connectivity index (χ3v) is 7.30. The lowest BCUT2D eigenvalue weighted by Gasteiger charge is -2.14. The van der Waals surface area contributed by atoms with Crippen LogP contribution in [0.4, 0.5) is 0 Å². The quantitative estimate of drug-likeness (QED) is 0.352. The van der Waals surface area contributed by atoms with Crippen molar-refractivity contribution in [3.8, 4) is 33.5 Å². The van der Waals surface area contributed by atoms with E-state index in [1.165, 1.54) is 4.57 Å². The minimum Gasteiger partial charge on any atom is -0.350 e. The van der Waals surface area contributed by atoms with Gasteiger partial charge in [-0.15, -0.1) is 0 Å². The number of fused-ring (bicyclic) bond motifs is 1. The number of pyridine rings is 3. The standard InChI is InChI=1S/C28H26N4O3S/c1-16-9-19(10-17(2)29-16)25-12-22-24(15-32(4)28(34)27(22)30-25)21-13-26(33)31(3)14-23(21)18-7-6-8-20(11-18)36(5)35/h6-15,35H,1-5H3/p+1. The van der Waals surface area contributed by atoms with E-state index >= 15 is 0 Å². The molecular weight excluding hydrogens is 472 g/mol. The SMILES string of the molecule is Cc1cc(-c2cc3c(-c4cc(=O)n(C)cc4-c4cccc([S+](C)O)c4)cn(C)c(=O)c3[nH]2)cc(C)n1. The minimum absolute atomic E-state index is 0.148. The maximum absolute atomic E-state index is 13.1. The summed E-state index contributed by atoms with van der Waals surface area (Å²) in [7, 11) is 3.43. The molecule has 4 aromatic heterocycles. The molecule has 0 aliphatic heterocycles. The molecule has 4 heterocycles. The van der Waals surface area contributed by atoms with E-state index in [0.29, 0.717) is 5.52 Å². The molecule has 1 aromatic carbocycles. The molecule has 0 saturated heterocycles. The van der Waals surface area contributed by atoms with Crippen LogP contribution in [-0.2, 0) is 25.3 Å². The summed E-state index contributed by atoms with van der Waals surface area (Å²) in [5.74, 6) is 0. The van der Waals surface area contributed by atoms with Gasteiger partial charge >= 0.3 is 0 Å². The van der Waals surface area contributed by atoms with Gasteiger partial charge in [-0.2, -0.15) is 4.55 Å². The van der Waals surface area contributed by atoms with Gasteiger partial charge in [0.1, 0.15) is 11.8 Å². The molecule has 0 saturated carbocycles. The van der Waals surface area contributed by atoms with Gasteiger partial charge in [0.15, 0.2) is 16.1 Å². The zero-order valence-electron chi connectivity index (χ0n) is 20.8. The van der Waals surface area contributed by atoms with Crippen LogP contribution in [-0.4, -0.2) is 29.9 Å². The van der Waals surface area contributed by atoms with E-state index in [4.69, 9.17) is 0 Å². The smallest absolute Gasteiger partial charge is 0.274 e. The Kier molecular flexibility index (Phi) is 5.94. The van der Waals surface area contributed by atoms with Crippen molar-refractivity contribution >= 4 is 22.1 Å². The number of aryl methyl sites for hydroxylation is 4. The first-order valence-corrected chi connectivity index (χ1v) is 13.1. The molecule has 182 valence electrons. The number of nitrogens with zero attached hydrogens (tertiary/aromatic N) is 3. The lowest BCUT2D eigenvalue weighted by molar-refractivity contribution is 0.645. The summed E-state index contributed by atoms with van der Waals surface area (Å²) >= 11 is -0.899. The molecule has 2 N–H and O–H groups in total. The molecule has 0 spiro atoms. The van der Waals surface area contributed by atoms with Crippen LogP contribution in [0.2, 0.25) is 0 Å². The van der Waals surface area contributed by atoms with Crippen LogP contribution in [0, 0.1) is 13.8 Å². The summed E-state index contributed by atoms with van der Waals surface area (Å²) in [6.45, 7) is 3.88. The Balaban J connectivity index is 1.82. The summed E-state index contributed by atoms with van der Waals surface area (Å²) in [6.07, 6.45) is 5.34. The largest absolute Gasteiger partial charge is 0.350 e. The second kappa shape index (κ2) is 8.96. The Labute approximate surface area is 211 Å². The highest BCUT2D eigenvalue weighted by atomic mass is 32.2. The number of benzene rings is 1. The van der Waals surface area contributed by atoms with Crippen LogP contribution < -0.4 is 11.1 Å². The fourth-order valence-electron chi connectivity index (χ4n) is 4.62. The second-order valence-corrected chi connectivity index (χ2v) is 10.6. The van der Waals surface area contributed by atoms with Crippen LogP contribution in [0.3, 0.4) is 0 Å². The van der Waals surface area contributed by atoms with Gasteiger partial charge < -0.3 is 14.1 Å². The Morgan fingerprint density at radius 3 is 2.25 bits per heavy atom. The van der Waals surface area contributed by atoms with E-state index in [1.54, 1.807) is 37.2 Å². The molecule has 7 nitrogen and oxygen atoms in total. The number of hydrogen-bond acceptors (Lipinski definition) is 4. The Hall–Kier alpha value is -3.88. The molecule has 0 aliphatic rings. The molecule has 8 heteroatoms. The summed E-state index contributed by atoms with van der Waals surface area (Å²) in [5.41, 5.74) is 6.92. The number of rotatable bonds is 4. The minimum atomic E-state index is -0.899. The van der Waals surface area contributed by atoms with Crippen LogP contribution in [0.25, 0.3) is 44.4 Å². The first-order chi connectivity index (χ1) is 17.1. The molecule has 5 aromatic rings. The zero-order chi connectivity index (χ0) is 25.7. The van der Waals surface area contributed by atoms with Crippen LogP contribution in [0.15, 0.2) is 75.4 Å². The van der Waals surface area contributed by atoms with Crippen molar-refractivity contribution in [1.82, 2.24) is 19.1 Å². The predicted molar refractivity (Wildman–Crippen MR) is 147 cm³/mol. The van der Waals surface area contributed by atoms with Gasteiger partial charge in [-0.1, -0.05) is 12.1 Å². The third kappa shape index (κ3) is 4.19. The first-order valence-electron chi connectivity index (χ1n) is 11.5. The predicted octanol–water partition coefficient (Wildman–Crippen LogP) is 4.66. The highest BCUT2D eigenvalue weighted by Crippen LogP contribution is 2.36. The molecule has 0 amide bonds. The molecule has 5 rings (SSSR count).